The van der Waals surface area contributed by atoms with E-state index in [1.807, 2.05) is 12.1 Å². The van der Waals surface area contributed by atoms with E-state index in [2.05, 4.69) is 38.9 Å². The summed E-state index contributed by atoms with van der Waals surface area (Å²) in [4.78, 5) is 25.7. The molecular formula is C23H32FN5O. The number of aromatic nitrogens is 2. The molecule has 2 aromatic rings. The van der Waals surface area contributed by atoms with Crippen molar-refractivity contribution in [3.63, 3.8) is 0 Å². The molecule has 6 nitrogen and oxygen atoms in total. The lowest BCUT2D eigenvalue weighted by Gasteiger charge is -2.32. The van der Waals surface area contributed by atoms with Gasteiger partial charge in [0.1, 0.15) is 18.0 Å². The molecule has 1 fully saturated rings. The summed E-state index contributed by atoms with van der Waals surface area (Å²) < 4.78 is 13.5. The zero-order valence-corrected chi connectivity index (χ0v) is 18.0. The number of rotatable bonds is 9. The first-order valence-electron chi connectivity index (χ1n) is 10.9. The molecule has 0 aliphatic carbocycles. The number of nitrogens with zero attached hydrogens (tertiary/aromatic N) is 4. The molecule has 1 N–H and O–H groups in total. The topological polar surface area (TPSA) is 61.4 Å². The van der Waals surface area contributed by atoms with Gasteiger partial charge in [-0.25, -0.2) is 14.4 Å². The fraction of sp³-hybridized carbons (Fsp3) is 0.522. The Kier molecular flexibility index (Phi) is 8.13. The molecule has 0 unspecified atom stereocenters. The molecule has 30 heavy (non-hydrogen) atoms. The number of piperidine rings is 1. The second-order valence-electron chi connectivity index (χ2n) is 7.70. The Balaban J connectivity index is 1.48. The third-order valence-electron chi connectivity index (χ3n) is 5.81. The molecular weight excluding hydrogens is 381 g/mol. The molecule has 0 atom stereocenters. The van der Waals surface area contributed by atoms with Gasteiger partial charge < -0.3 is 15.1 Å². The molecule has 1 aliphatic heterocycles. The number of halogens is 1. The molecule has 0 spiro atoms. The Morgan fingerprint density at radius 1 is 1.20 bits per heavy atom. The second-order valence-corrected chi connectivity index (χ2v) is 7.70. The van der Waals surface area contributed by atoms with Gasteiger partial charge in [-0.05, 0) is 51.0 Å². The van der Waals surface area contributed by atoms with Crippen molar-refractivity contribution in [2.24, 2.45) is 5.92 Å². The van der Waals surface area contributed by atoms with E-state index >= 15 is 0 Å². The Labute approximate surface area is 178 Å². The molecule has 1 amide bonds. The number of carbonyl (C=O) groups excluding carboxylic acids is 1. The molecule has 162 valence electrons. The van der Waals surface area contributed by atoms with E-state index in [1.165, 1.54) is 18.5 Å². The van der Waals surface area contributed by atoms with Gasteiger partial charge in [-0.15, -0.1) is 0 Å². The summed E-state index contributed by atoms with van der Waals surface area (Å²) in [7, 11) is 0. The van der Waals surface area contributed by atoms with E-state index < -0.39 is 0 Å². The molecule has 1 saturated heterocycles. The van der Waals surface area contributed by atoms with E-state index in [1.54, 1.807) is 6.07 Å². The summed E-state index contributed by atoms with van der Waals surface area (Å²) in [5, 5.41) is 3.10. The van der Waals surface area contributed by atoms with Gasteiger partial charge in [-0.3, -0.25) is 4.79 Å². The van der Waals surface area contributed by atoms with Crippen molar-refractivity contribution in [3.05, 3.63) is 42.5 Å². The number of amides is 1. The van der Waals surface area contributed by atoms with Crippen LogP contribution in [-0.2, 0) is 4.79 Å². The Bertz CT molecular complexity index is 819. The van der Waals surface area contributed by atoms with Crippen LogP contribution in [0.15, 0.2) is 36.7 Å². The quantitative estimate of drug-likeness (QED) is 0.639. The van der Waals surface area contributed by atoms with Gasteiger partial charge in [0, 0.05) is 37.2 Å². The van der Waals surface area contributed by atoms with Crippen LogP contribution in [0.3, 0.4) is 0 Å². The number of hydrogen-bond donors (Lipinski definition) is 1. The van der Waals surface area contributed by atoms with Crippen LogP contribution < -0.4 is 10.2 Å². The summed E-state index contributed by atoms with van der Waals surface area (Å²) in [6.45, 7) is 9.72. The third-order valence-corrected chi connectivity index (χ3v) is 5.81. The fourth-order valence-electron chi connectivity index (χ4n) is 3.89. The van der Waals surface area contributed by atoms with Crippen molar-refractivity contribution >= 4 is 11.7 Å². The standard InChI is InChI=1S/C23H32FN5O/c1-3-28(4-2)12-6-11-25-23(30)18-9-13-29(14-10-18)22-16-21(26-17-27-22)19-7-5-8-20(24)15-19/h5,7-8,15-18H,3-4,6,9-14H2,1-2H3,(H,25,30). The Morgan fingerprint density at radius 3 is 2.67 bits per heavy atom. The van der Waals surface area contributed by atoms with Crippen LogP contribution in [0.4, 0.5) is 10.2 Å². The van der Waals surface area contributed by atoms with Crippen molar-refractivity contribution in [2.45, 2.75) is 33.1 Å². The minimum absolute atomic E-state index is 0.0548. The van der Waals surface area contributed by atoms with Crippen molar-refractivity contribution in [3.8, 4) is 11.3 Å². The van der Waals surface area contributed by atoms with Gasteiger partial charge in [0.25, 0.3) is 0 Å². The van der Waals surface area contributed by atoms with E-state index in [-0.39, 0.29) is 17.6 Å². The SMILES string of the molecule is CCN(CC)CCCNC(=O)C1CCN(c2cc(-c3cccc(F)c3)ncn2)CC1. The number of benzene rings is 1. The number of anilines is 1. The summed E-state index contributed by atoms with van der Waals surface area (Å²) in [6.07, 6.45) is 4.11. The van der Waals surface area contributed by atoms with Crippen LogP contribution in [0.2, 0.25) is 0 Å². The van der Waals surface area contributed by atoms with Crippen LogP contribution in [0.5, 0.6) is 0 Å². The predicted octanol–water partition coefficient (Wildman–Crippen LogP) is 3.35. The molecule has 1 aromatic heterocycles. The van der Waals surface area contributed by atoms with Crippen LogP contribution in [0.1, 0.15) is 33.1 Å². The van der Waals surface area contributed by atoms with Gasteiger partial charge in [-0.2, -0.15) is 0 Å². The number of carbonyl (C=O) groups is 1. The average molecular weight is 414 g/mol. The fourth-order valence-corrected chi connectivity index (χ4v) is 3.89. The molecule has 0 bridgehead atoms. The highest BCUT2D eigenvalue weighted by Crippen LogP contribution is 2.25. The first kappa shape index (κ1) is 22.2. The van der Waals surface area contributed by atoms with Crippen molar-refractivity contribution in [1.82, 2.24) is 20.2 Å². The zero-order chi connectivity index (χ0) is 21.3. The number of nitrogens with one attached hydrogen (secondary N) is 1. The van der Waals surface area contributed by atoms with Gasteiger partial charge in [0.2, 0.25) is 5.91 Å². The molecule has 3 rings (SSSR count). The Morgan fingerprint density at radius 2 is 1.97 bits per heavy atom. The summed E-state index contributed by atoms with van der Waals surface area (Å²) >= 11 is 0. The molecule has 0 radical (unpaired) electrons. The molecule has 2 heterocycles. The molecule has 7 heteroatoms. The zero-order valence-electron chi connectivity index (χ0n) is 18.0. The van der Waals surface area contributed by atoms with Gasteiger partial charge in [0.05, 0.1) is 5.69 Å². The van der Waals surface area contributed by atoms with Crippen LogP contribution >= 0.6 is 0 Å². The van der Waals surface area contributed by atoms with E-state index in [4.69, 9.17) is 0 Å². The highest BCUT2D eigenvalue weighted by Gasteiger charge is 2.25. The smallest absolute Gasteiger partial charge is 0.223 e. The lowest BCUT2D eigenvalue weighted by atomic mass is 9.96. The van der Waals surface area contributed by atoms with E-state index in [0.717, 1.165) is 69.9 Å². The van der Waals surface area contributed by atoms with Crippen LogP contribution in [-0.4, -0.2) is 60.0 Å². The van der Waals surface area contributed by atoms with Crippen LogP contribution in [0.25, 0.3) is 11.3 Å². The minimum Gasteiger partial charge on any atom is -0.356 e. The number of hydrogen-bond acceptors (Lipinski definition) is 5. The van der Waals surface area contributed by atoms with Crippen molar-refractivity contribution in [2.75, 3.05) is 44.2 Å². The molecule has 0 saturated carbocycles. The third kappa shape index (κ3) is 5.98. The van der Waals surface area contributed by atoms with Crippen molar-refractivity contribution in [1.29, 1.82) is 0 Å². The van der Waals surface area contributed by atoms with Crippen LogP contribution in [0, 0.1) is 11.7 Å². The molecule has 1 aliphatic rings. The monoisotopic (exact) mass is 413 g/mol. The lowest BCUT2D eigenvalue weighted by molar-refractivity contribution is -0.125. The predicted molar refractivity (Wildman–Crippen MR) is 118 cm³/mol. The normalized spacial score (nSPS) is 14.9. The Hall–Kier alpha value is -2.54. The van der Waals surface area contributed by atoms with E-state index in [0.29, 0.717) is 5.69 Å². The maximum absolute atomic E-state index is 13.5. The highest BCUT2D eigenvalue weighted by molar-refractivity contribution is 5.79. The summed E-state index contributed by atoms with van der Waals surface area (Å²) in [5.74, 6) is 0.760. The van der Waals surface area contributed by atoms with Gasteiger partial charge in [0.15, 0.2) is 0 Å². The van der Waals surface area contributed by atoms with Crippen molar-refractivity contribution < 1.29 is 9.18 Å². The highest BCUT2D eigenvalue weighted by atomic mass is 19.1. The maximum Gasteiger partial charge on any atom is 0.223 e. The average Bonchev–Trinajstić information content (AvgIpc) is 2.79. The minimum atomic E-state index is -0.281. The first-order valence-corrected chi connectivity index (χ1v) is 10.9. The van der Waals surface area contributed by atoms with Gasteiger partial charge in [-0.1, -0.05) is 26.0 Å². The summed E-state index contributed by atoms with van der Waals surface area (Å²) in [6, 6.07) is 8.31. The van der Waals surface area contributed by atoms with Gasteiger partial charge >= 0.3 is 0 Å². The second kappa shape index (κ2) is 11.0. The summed E-state index contributed by atoms with van der Waals surface area (Å²) in [5.41, 5.74) is 1.44. The van der Waals surface area contributed by atoms with E-state index in [9.17, 15) is 9.18 Å². The first-order chi connectivity index (χ1) is 14.6. The molecule has 1 aromatic carbocycles. The lowest BCUT2D eigenvalue weighted by Crippen LogP contribution is -2.41. The maximum atomic E-state index is 13.5. The largest absolute Gasteiger partial charge is 0.356 e.